The highest BCUT2D eigenvalue weighted by atomic mass is 28.4. The van der Waals surface area contributed by atoms with E-state index in [-0.39, 0.29) is 0 Å². The van der Waals surface area contributed by atoms with Crippen LogP contribution in [0.4, 0.5) is 0 Å². The van der Waals surface area contributed by atoms with E-state index >= 15 is 0 Å². The predicted molar refractivity (Wildman–Crippen MR) is 77.8 cm³/mol. The van der Waals surface area contributed by atoms with Crippen molar-refractivity contribution in [2.75, 3.05) is 0 Å². The molecule has 0 aromatic heterocycles. The van der Waals surface area contributed by atoms with Gasteiger partial charge in [0.15, 0.2) is 13.9 Å². The molecule has 2 unspecified atom stereocenters. The highest BCUT2D eigenvalue weighted by Crippen LogP contribution is 2.44. The van der Waals surface area contributed by atoms with Crippen molar-refractivity contribution in [1.82, 2.24) is 0 Å². The Kier molecular flexibility index (Phi) is 3.72. The lowest BCUT2D eigenvalue weighted by atomic mass is 9.74. The zero-order valence-electron chi connectivity index (χ0n) is 12.0. The Balaban J connectivity index is 2.55. The Hall–Kier alpha value is -1.64. The molecule has 1 aliphatic carbocycles. The average molecular weight is 289 g/mol. The van der Waals surface area contributed by atoms with E-state index in [0.717, 1.165) is 5.56 Å². The summed E-state index contributed by atoms with van der Waals surface area (Å²) >= 11 is 0. The molecular formula is C15H19NO3Si. The van der Waals surface area contributed by atoms with Crippen LogP contribution in [0.25, 0.3) is 0 Å². The highest BCUT2D eigenvalue weighted by molar-refractivity contribution is 6.69. The van der Waals surface area contributed by atoms with E-state index in [9.17, 15) is 15.2 Å². The van der Waals surface area contributed by atoms with Gasteiger partial charge in [0.1, 0.15) is 6.07 Å². The second-order valence-electron chi connectivity index (χ2n) is 6.17. The quantitative estimate of drug-likeness (QED) is 0.867. The Morgan fingerprint density at radius 3 is 2.65 bits per heavy atom. The average Bonchev–Trinajstić information content (AvgIpc) is 2.37. The van der Waals surface area contributed by atoms with Gasteiger partial charge in [-0.3, -0.25) is 4.79 Å². The third-order valence-electron chi connectivity index (χ3n) is 3.52. The first-order chi connectivity index (χ1) is 9.29. The number of carboxylic acids is 1. The van der Waals surface area contributed by atoms with Crippen molar-refractivity contribution in [1.29, 1.82) is 5.26 Å². The molecule has 0 heterocycles. The van der Waals surface area contributed by atoms with Crippen LogP contribution in [0.1, 0.15) is 29.9 Å². The number of fused-ring (bicyclic) bond motifs is 1. The summed E-state index contributed by atoms with van der Waals surface area (Å²) < 4.78 is 6.15. The number of benzene rings is 1. The third kappa shape index (κ3) is 2.62. The van der Waals surface area contributed by atoms with Gasteiger partial charge < -0.3 is 9.53 Å². The molecule has 2 atom stereocenters. The molecule has 0 fully saturated rings. The number of nitriles is 1. The number of hydrogen-bond acceptors (Lipinski definition) is 3. The molecule has 1 aromatic rings. The largest absolute Gasteiger partial charge is 0.481 e. The lowest BCUT2D eigenvalue weighted by Crippen LogP contribution is -2.43. The molecule has 0 saturated heterocycles. The zero-order valence-corrected chi connectivity index (χ0v) is 13.0. The molecule has 0 radical (unpaired) electrons. The van der Waals surface area contributed by atoms with Crippen LogP contribution < -0.4 is 0 Å². The fourth-order valence-corrected chi connectivity index (χ4v) is 4.13. The van der Waals surface area contributed by atoms with Crippen molar-refractivity contribution in [3.8, 4) is 6.07 Å². The molecule has 20 heavy (non-hydrogen) atoms. The van der Waals surface area contributed by atoms with Crippen LogP contribution in [0.2, 0.25) is 19.6 Å². The molecule has 1 N–H and O–H groups in total. The summed E-state index contributed by atoms with van der Waals surface area (Å²) in [7, 11) is -1.93. The molecule has 1 aromatic carbocycles. The molecule has 0 aliphatic heterocycles. The molecule has 2 rings (SSSR count). The summed E-state index contributed by atoms with van der Waals surface area (Å²) in [6.45, 7) is 6.12. The second-order valence-corrected chi connectivity index (χ2v) is 10.6. The minimum absolute atomic E-state index is 0.432. The first-order valence-electron chi connectivity index (χ1n) is 6.73. The van der Waals surface area contributed by atoms with E-state index in [1.807, 2.05) is 37.8 Å². The van der Waals surface area contributed by atoms with E-state index in [4.69, 9.17) is 4.43 Å². The smallest absolute Gasteiger partial charge is 0.310 e. The van der Waals surface area contributed by atoms with Crippen LogP contribution >= 0.6 is 0 Å². The lowest BCUT2D eigenvalue weighted by Gasteiger charge is -2.39. The summed E-state index contributed by atoms with van der Waals surface area (Å²) in [6.07, 6.45) is 0.867. The van der Waals surface area contributed by atoms with Crippen molar-refractivity contribution >= 4 is 14.3 Å². The van der Waals surface area contributed by atoms with Gasteiger partial charge >= 0.3 is 5.97 Å². The Morgan fingerprint density at radius 2 is 2.10 bits per heavy atom. The fourth-order valence-electron chi connectivity index (χ4n) is 2.83. The van der Waals surface area contributed by atoms with Gasteiger partial charge in [0.25, 0.3) is 0 Å². The first kappa shape index (κ1) is 14.8. The van der Waals surface area contributed by atoms with Crippen LogP contribution in [0.5, 0.6) is 0 Å². The normalized spacial score (nSPS) is 25.6. The maximum atomic E-state index is 11.4. The minimum atomic E-state index is -1.93. The number of rotatable bonds is 3. The molecule has 1 aliphatic rings. The highest BCUT2D eigenvalue weighted by Gasteiger charge is 2.45. The van der Waals surface area contributed by atoms with Crippen molar-refractivity contribution in [2.45, 2.75) is 44.0 Å². The molecule has 4 nitrogen and oxygen atoms in total. The number of hydrogen-bond donors (Lipinski definition) is 1. The monoisotopic (exact) mass is 289 g/mol. The summed E-state index contributed by atoms with van der Waals surface area (Å²) in [5, 5.41) is 19.0. The first-order valence-corrected chi connectivity index (χ1v) is 10.1. The Labute approximate surface area is 120 Å². The van der Waals surface area contributed by atoms with Crippen LogP contribution in [-0.4, -0.2) is 19.4 Å². The maximum absolute atomic E-state index is 11.4. The third-order valence-corrected chi connectivity index (χ3v) is 4.48. The molecule has 0 spiro atoms. The predicted octanol–water partition coefficient (Wildman–Crippen LogP) is 3.22. The molecular weight excluding hydrogens is 270 g/mol. The van der Waals surface area contributed by atoms with Crippen LogP contribution in [0.15, 0.2) is 24.3 Å². The Bertz CT molecular complexity index is 573. The van der Waals surface area contributed by atoms with E-state index in [0.29, 0.717) is 18.4 Å². The van der Waals surface area contributed by atoms with Gasteiger partial charge in [0.05, 0.1) is 5.92 Å². The number of carboxylic acid groups (broad SMARTS) is 1. The number of carbonyl (C=O) groups is 1. The van der Waals surface area contributed by atoms with Gasteiger partial charge in [-0.1, -0.05) is 24.3 Å². The van der Waals surface area contributed by atoms with Crippen molar-refractivity contribution < 1.29 is 14.3 Å². The number of aliphatic carboxylic acids is 1. The molecule has 0 bridgehead atoms. The van der Waals surface area contributed by atoms with E-state index in [2.05, 4.69) is 6.07 Å². The fraction of sp³-hybridized carbons (Fsp3) is 0.467. The lowest BCUT2D eigenvalue weighted by molar-refractivity contribution is -0.139. The van der Waals surface area contributed by atoms with Crippen LogP contribution in [0.3, 0.4) is 0 Å². The van der Waals surface area contributed by atoms with E-state index < -0.39 is 25.8 Å². The van der Waals surface area contributed by atoms with Gasteiger partial charge in [-0.25, -0.2) is 0 Å². The minimum Gasteiger partial charge on any atom is -0.481 e. The number of nitrogens with zero attached hydrogens (tertiary/aromatic N) is 1. The van der Waals surface area contributed by atoms with Gasteiger partial charge in [0, 0.05) is 5.56 Å². The Morgan fingerprint density at radius 1 is 1.45 bits per heavy atom. The SMILES string of the molecule is C[Si](C)(C)OC1(C#N)CCC(C(=O)O)c2ccccc21. The van der Waals surface area contributed by atoms with Crippen molar-refractivity contribution in [2.24, 2.45) is 0 Å². The topological polar surface area (TPSA) is 70.3 Å². The summed E-state index contributed by atoms with van der Waals surface area (Å²) in [4.78, 5) is 11.4. The van der Waals surface area contributed by atoms with Gasteiger partial charge in [-0.2, -0.15) is 5.26 Å². The van der Waals surface area contributed by atoms with Gasteiger partial charge in [0.2, 0.25) is 0 Å². The van der Waals surface area contributed by atoms with E-state index in [1.165, 1.54) is 0 Å². The molecule has 0 amide bonds. The summed E-state index contributed by atoms with van der Waals surface area (Å²) in [5.74, 6) is -1.38. The molecule has 0 saturated carbocycles. The van der Waals surface area contributed by atoms with Crippen molar-refractivity contribution in [3.63, 3.8) is 0 Å². The van der Waals surface area contributed by atoms with Crippen LogP contribution in [0, 0.1) is 11.3 Å². The van der Waals surface area contributed by atoms with Crippen LogP contribution in [-0.2, 0) is 14.8 Å². The molecule has 106 valence electrons. The van der Waals surface area contributed by atoms with Gasteiger partial charge in [-0.15, -0.1) is 0 Å². The van der Waals surface area contributed by atoms with E-state index in [1.54, 1.807) is 6.07 Å². The molecule has 5 heteroatoms. The van der Waals surface area contributed by atoms with Crippen molar-refractivity contribution in [3.05, 3.63) is 35.4 Å². The van der Waals surface area contributed by atoms with Gasteiger partial charge in [-0.05, 0) is 38.0 Å². The maximum Gasteiger partial charge on any atom is 0.310 e. The summed E-state index contributed by atoms with van der Waals surface area (Å²) in [6, 6.07) is 9.59. The second kappa shape index (κ2) is 5.04. The summed E-state index contributed by atoms with van der Waals surface area (Å²) in [5.41, 5.74) is 0.446. The standard InChI is InChI=1S/C15H19NO3Si/c1-20(2,3)19-15(10-16)9-8-12(14(17)18)11-6-4-5-7-13(11)15/h4-7,12H,8-9H2,1-3H3,(H,17,18). The zero-order chi connectivity index (χ0) is 15.0.